The zero-order valence-electron chi connectivity index (χ0n) is 13.6. The molecule has 2 N–H and O–H groups in total. The molecule has 1 aliphatic rings. The minimum atomic E-state index is 0.00227. The first kappa shape index (κ1) is 17.1. The third-order valence-corrected chi connectivity index (χ3v) is 5.25. The molecule has 5 heteroatoms. The van der Waals surface area contributed by atoms with Crippen molar-refractivity contribution in [2.24, 2.45) is 5.92 Å². The monoisotopic (exact) mass is 362 g/mol. The molecule has 1 fully saturated rings. The number of hydrogen-bond donors (Lipinski definition) is 1. The number of aryl methyl sites for hydroxylation is 1. The average Bonchev–Trinajstić information content (AvgIpc) is 2.59. The molecular weight excluding hydrogens is 343 g/mol. The van der Waals surface area contributed by atoms with Gasteiger partial charge in [-0.2, -0.15) is 0 Å². The summed E-state index contributed by atoms with van der Waals surface area (Å²) in [5.41, 5.74) is 9.08. The highest BCUT2D eigenvalue weighted by atomic mass is 35.5. The van der Waals surface area contributed by atoms with Crippen molar-refractivity contribution in [2.45, 2.75) is 19.8 Å². The van der Waals surface area contributed by atoms with Gasteiger partial charge >= 0.3 is 0 Å². The summed E-state index contributed by atoms with van der Waals surface area (Å²) < 4.78 is 0. The summed E-state index contributed by atoms with van der Waals surface area (Å²) >= 11 is 12.1. The van der Waals surface area contributed by atoms with Gasteiger partial charge in [-0.05, 0) is 44.0 Å². The molecule has 2 aromatic carbocycles. The van der Waals surface area contributed by atoms with E-state index in [0.717, 1.165) is 25.9 Å². The molecule has 0 atom stereocenters. The molecule has 24 heavy (non-hydrogen) atoms. The van der Waals surface area contributed by atoms with Gasteiger partial charge in [-0.15, -0.1) is 0 Å². The number of benzene rings is 2. The number of ketones is 1. The fourth-order valence-electron chi connectivity index (χ4n) is 3.12. The van der Waals surface area contributed by atoms with Crippen molar-refractivity contribution in [3.8, 4) is 0 Å². The lowest BCUT2D eigenvalue weighted by molar-refractivity contribution is 0.0900. The Balaban J connectivity index is 1.68. The largest absolute Gasteiger partial charge is 0.396 e. The quantitative estimate of drug-likeness (QED) is 0.618. The number of carbonyl (C=O) groups excluding carboxylic acids is 1. The van der Waals surface area contributed by atoms with Crippen LogP contribution in [0.15, 0.2) is 36.4 Å². The van der Waals surface area contributed by atoms with Crippen LogP contribution in [-0.4, -0.2) is 18.9 Å². The van der Waals surface area contributed by atoms with E-state index in [2.05, 4.69) is 36.1 Å². The van der Waals surface area contributed by atoms with Gasteiger partial charge in [0.05, 0.1) is 15.7 Å². The van der Waals surface area contributed by atoms with Gasteiger partial charge in [0.1, 0.15) is 0 Å². The number of anilines is 2. The number of nitrogens with zero attached hydrogens (tertiary/aromatic N) is 1. The first-order valence-electron chi connectivity index (χ1n) is 8.06. The molecule has 1 heterocycles. The second-order valence-electron chi connectivity index (χ2n) is 6.31. The fourth-order valence-corrected chi connectivity index (χ4v) is 3.60. The Kier molecular flexibility index (Phi) is 5.02. The standard InChI is InChI=1S/C19H20Cl2N2O/c1-12-2-4-15(5-3-12)23-8-6-13(7-9-23)19(24)14-10-16(20)18(22)17(21)11-14/h2-5,10-11,13H,6-9,22H2,1H3. The summed E-state index contributed by atoms with van der Waals surface area (Å²) in [7, 11) is 0. The van der Waals surface area contributed by atoms with Crippen LogP contribution < -0.4 is 10.6 Å². The molecule has 0 amide bonds. The molecule has 126 valence electrons. The number of nitrogens with two attached hydrogens (primary N) is 1. The maximum atomic E-state index is 12.7. The molecule has 2 aromatic rings. The van der Waals surface area contributed by atoms with E-state index in [-0.39, 0.29) is 11.7 Å². The Bertz CT molecular complexity index is 727. The number of hydrogen-bond acceptors (Lipinski definition) is 3. The smallest absolute Gasteiger partial charge is 0.166 e. The summed E-state index contributed by atoms with van der Waals surface area (Å²) in [6.07, 6.45) is 1.65. The van der Waals surface area contributed by atoms with Crippen molar-refractivity contribution >= 4 is 40.4 Å². The summed E-state index contributed by atoms with van der Waals surface area (Å²) in [6, 6.07) is 11.7. The van der Waals surface area contributed by atoms with Crippen LogP contribution in [0.2, 0.25) is 10.0 Å². The number of piperidine rings is 1. The lowest BCUT2D eigenvalue weighted by atomic mass is 9.88. The average molecular weight is 363 g/mol. The molecule has 0 aliphatic carbocycles. The predicted molar refractivity (Wildman–Crippen MR) is 101 cm³/mol. The third kappa shape index (κ3) is 3.52. The van der Waals surface area contributed by atoms with Gasteiger partial charge in [-0.1, -0.05) is 40.9 Å². The van der Waals surface area contributed by atoms with Crippen LogP contribution in [0.3, 0.4) is 0 Å². The molecule has 0 radical (unpaired) electrons. The molecule has 1 saturated heterocycles. The van der Waals surface area contributed by atoms with Gasteiger partial charge < -0.3 is 10.6 Å². The van der Waals surface area contributed by atoms with E-state index in [4.69, 9.17) is 28.9 Å². The van der Waals surface area contributed by atoms with Crippen molar-refractivity contribution in [1.82, 2.24) is 0 Å². The third-order valence-electron chi connectivity index (χ3n) is 4.63. The van der Waals surface area contributed by atoms with Crippen molar-refractivity contribution in [3.05, 3.63) is 57.6 Å². The lowest BCUT2D eigenvalue weighted by Gasteiger charge is -2.33. The van der Waals surface area contributed by atoms with Gasteiger partial charge in [-0.3, -0.25) is 4.79 Å². The molecule has 3 rings (SSSR count). The summed E-state index contributed by atoms with van der Waals surface area (Å²) in [5.74, 6) is 0.102. The van der Waals surface area contributed by atoms with E-state index in [1.165, 1.54) is 11.3 Å². The summed E-state index contributed by atoms with van der Waals surface area (Å²) in [4.78, 5) is 15.1. The van der Waals surface area contributed by atoms with E-state index in [9.17, 15) is 4.79 Å². The number of halogens is 2. The molecule has 1 aliphatic heterocycles. The Morgan fingerprint density at radius 3 is 2.17 bits per heavy atom. The maximum Gasteiger partial charge on any atom is 0.166 e. The van der Waals surface area contributed by atoms with Crippen molar-refractivity contribution in [3.63, 3.8) is 0 Å². The zero-order valence-corrected chi connectivity index (χ0v) is 15.1. The highest BCUT2D eigenvalue weighted by Gasteiger charge is 2.26. The Hall–Kier alpha value is -1.71. The molecule has 0 bridgehead atoms. The van der Waals surface area contributed by atoms with Gasteiger partial charge in [-0.25, -0.2) is 0 Å². The van der Waals surface area contributed by atoms with E-state index >= 15 is 0 Å². The molecule has 0 saturated carbocycles. The van der Waals surface area contributed by atoms with Gasteiger partial charge in [0, 0.05) is 30.3 Å². The van der Waals surface area contributed by atoms with Crippen LogP contribution in [0.1, 0.15) is 28.8 Å². The number of nitrogen functional groups attached to an aromatic ring is 1. The first-order chi connectivity index (χ1) is 11.5. The van der Waals surface area contributed by atoms with Gasteiger partial charge in [0.2, 0.25) is 0 Å². The maximum absolute atomic E-state index is 12.7. The van der Waals surface area contributed by atoms with Crippen molar-refractivity contribution < 1.29 is 4.79 Å². The van der Waals surface area contributed by atoms with Crippen molar-refractivity contribution in [1.29, 1.82) is 0 Å². The molecule has 0 spiro atoms. The van der Waals surface area contributed by atoms with Crippen LogP contribution in [-0.2, 0) is 0 Å². The minimum Gasteiger partial charge on any atom is -0.396 e. The van der Waals surface area contributed by atoms with E-state index < -0.39 is 0 Å². The second kappa shape index (κ2) is 7.04. The second-order valence-corrected chi connectivity index (χ2v) is 7.13. The predicted octanol–water partition coefficient (Wildman–Crippen LogP) is 4.98. The number of Topliss-reactive ketones (excluding diaryl/α,β-unsaturated/α-hetero) is 1. The highest BCUT2D eigenvalue weighted by Crippen LogP contribution is 2.32. The fraction of sp³-hybridized carbons (Fsp3) is 0.316. The number of rotatable bonds is 3. The van der Waals surface area contributed by atoms with Crippen LogP contribution in [0.4, 0.5) is 11.4 Å². The molecule has 0 unspecified atom stereocenters. The van der Waals surface area contributed by atoms with Crippen LogP contribution >= 0.6 is 23.2 Å². The van der Waals surface area contributed by atoms with Crippen LogP contribution in [0.5, 0.6) is 0 Å². The van der Waals surface area contributed by atoms with E-state index in [1.807, 2.05) is 0 Å². The molecule has 0 aromatic heterocycles. The Morgan fingerprint density at radius 2 is 1.62 bits per heavy atom. The summed E-state index contributed by atoms with van der Waals surface area (Å²) in [6.45, 7) is 3.82. The minimum absolute atomic E-state index is 0.00227. The Labute approximate surface area is 152 Å². The van der Waals surface area contributed by atoms with Gasteiger partial charge in [0.15, 0.2) is 5.78 Å². The molecular formula is C19H20Cl2N2O. The van der Waals surface area contributed by atoms with Crippen molar-refractivity contribution in [2.75, 3.05) is 23.7 Å². The zero-order chi connectivity index (χ0) is 17.3. The van der Waals surface area contributed by atoms with E-state index in [0.29, 0.717) is 21.3 Å². The SMILES string of the molecule is Cc1ccc(N2CCC(C(=O)c3cc(Cl)c(N)c(Cl)c3)CC2)cc1. The number of carbonyl (C=O) groups is 1. The normalized spacial score (nSPS) is 15.5. The molecule has 3 nitrogen and oxygen atoms in total. The topological polar surface area (TPSA) is 46.3 Å². The van der Waals surface area contributed by atoms with Crippen LogP contribution in [0.25, 0.3) is 0 Å². The summed E-state index contributed by atoms with van der Waals surface area (Å²) in [5, 5.41) is 0.672. The first-order valence-corrected chi connectivity index (χ1v) is 8.81. The highest BCUT2D eigenvalue weighted by molar-refractivity contribution is 6.39. The van der Waals surface area contributed by atoms with E-state index in [1.54, 1.807) is 12.1 Å². The van der Waals surface area contributed by atoms with Gasteiger partial charge in [0.25, 0.3) is 0 Å². The Morgan fingerprint density at radius 1 is 1.08 bits per heavy atom. The van der Waals surface area contributed by atoms with Crippen LogP contribution in [0, 0.1) is 12.8 Å². The lowest BCUT2D eigenvalue weighted by Crippen LogP contribution is -2.36.